The van der Waals surface area contributed by atoms with E-state index in [4.69, 9.17) is 22.1 Å². The second kappa shape index (κ2) is 6.50. The number of nitrogens with two attached hydrogens (primary N) is 1. The van der Waals surface area contributed by atoms with E-state index < -0.39 is 0 Å². The van der Waals surface area contributed by atoms with E-state index in [2.05, 4.69) is 32.9 Å². The Morgan fingerprint density at radius 2 is 1.62 bits per heavy atom. The first-order chi connectivity index (χ1) is 9.88. The van der Waals surface area contributed by atoms with Crippen LogP contribution < -0.4 is 10.5 Å². The maximum absolute atomic E-state index is 6.31. The van der Waals surface area contributed by atoms with Gasteiger partial charge in [0.2, 0.25) is 0 Å². The summed E-state index contributed by atoms with van der Waals surface area (Å²) in [6.07, 6.45) is 0. The number of halogens is 1. The topological polar surface area (TPSA) is 35.2 Å². The van der Waals surface area contributed by atoms with Gasteiger partial charge < -0.3 is 10.5 Å². The highest BCUT2D eigenvalue weighted by atomic mass is 35.5. The van der Waals surface area contributed by atoms with E-state index in [9.17, 15) is 0 Å². The normalized spacial score (nSPS) is 12.3. The molecule has 21 heavy (non-hydrogen) atoms. The van der Waals surface area contributed by atoms with Crippen LogP contribution in [0.5, 0.6) is 5.75 Å². The predicted octanol–water partition coefficient (Wildman–Crippen LogP) is 4.65. The Labute approximate surface area is 131 Å². The minimum Gasteiger partial charge on any atom is -0.490 e. The van der Waals surface area contributed by atoms with Crippen LogP contribution >= 0.6 is 11.6 Å². The van der Waals surface area contributed by atoms with Crippen molar-refractivity contribution < 1.29 is 4.74 Å². The molecular weight excluding hydrogens is 282 g/mol. The third kappa shape index (κ3) is 3.78. The largest absolute Gasteiger partial charge is 0.490 e. The summed E-state index contributed by atoms with van der Waals surface area (Å²) in [7, 11) is 0. The average Bonchev–Trinajstić information content (AvgIpc) is 2.36. The third-order valence-electron chi connectivity index (χ3n) is 3.61. The molecule has 0 bridgehead atoms. The van der Waals surface area contributed by atoms with Crippen molar-refractivity contribution >= 4 is 11.6 Å². The lowest BCUT2D eigenvalue weighted by molar-refractivity contribution is 0.290. The summed E-state index contributed by atoms with van der Waals surface area (Å²) in [4.78, 5) is 0. The van der Waals surface area contributed by atoms with Crippen molar-refractivity contribution in [2.45, 2.75) is 33.7 Å². The standard InChI is InChI=1S/C18H22ClNO/c1-11-5-6-17(15(19)9-11)21-10-16(20)18-13(3)7-12(2)8-14(18)4/h5-9,16H,10,20H2,1-4H3. The molecule has 2 aromatic carbocycles. The van der Waals surface area contributed by atoms with Gasteiger partial charge in [0.15, 0.2) is 0 Å². The molecule has 0 amide bonds. The van der Waals surface area contributed by atoms with E-state index in [-0.39, 0.29) is 6.04 Å². The highest BCUT2D eigenvalue weighted by molar-refractivity contribution is 6.32. The molecule has 1 atom stereocenters. The molecule has 2 nitrogen and oxygen atoms in total. The molecule has 2 aromatic rings. The molecule has 0 aliphatic rings. The van der Waals surface area contributed by atoms with Crippen LogP contribution in [0.25, 0.3) is 0 Å². The fourth-order valence-corrected chi connectivity index (χ4v) is 3.05. The van der Waals surface area contributed by atoms with Crippen LogP contribution in [-0.4, -0.2) is 6.61 Å². The summed E-state index contributed by atoms with van der Waals surface area (Å²) >= 11 is 6.18. The number of rotatable bonds is 4. The molecule has 0 aliphatic heterocycles. The lowest BCUT2D eigenvalue weighted by Gasteiger charge is -2.19. The Hall–Kier alpha value is -1.51. The van der Waals surface area contributed by atoms with Crippen molar-refractivity contribution in [2.24, 2.45) is 5.73 Å². The number of benzene rings is 2. The van der Waals surface area contributed by atoms with Crippen molar-refractivity contribution in [1.29, 1.82) is 0 Å². The number of hydrogen-bond donors (Lipinski definition) is 1. The summed E-state index contributed by atoms with van der Waals surface area (Å²) < 4.78 is 5.79. The van der Waals surface area contributed by atoms with Crippen LogP contribution in [0.2, 0.25) is 5.02 Å². The van der Waals surface area contributed by atoms with E-state index in [0.717, 1.165) is 11.1 Å². The Morgan fingerprint density at radius 1 is 1.00 bits per heavy atom. The Kier molecular flexibility index (Phi) is 4.92. The molecule has 0 saturated carbocycles. The van der Waals surface area contributed by atoms with Gasteiger partial charge in [-0.3, -0.25) is 0 Å². The zero-order valence-electron chi connectivity index (χ0n) is 13.0. The molecule has 2 rings (SSSR count). The van der Waals surface area contributed by atoms with E-state index in [0.29, 0.717) is 17.4 Å². The lowest BCUT2D eigenvalue weighted by Crippen LogP contribution is -2.21. The summed E-state index contributed by atoms with van der Waals surface area (Å²) in [6.45, 7) is 8.69. The summed E-state index contributed by atoms with van der Waals surface area (Å²) in [6, 6.07) is 9.91. The first kappa shape index (κ1) is 15.9. The van der Waals surface area contributed by atoms with E-state index in [1.165, 1.54) is 16.7 Å². The van der Waals surface area contributed by atoms with Crippen molar-refractivity contribution in [3.8, 4) is 5.75 Å². The summed E-state index contributed by atoms with van der Waals surface area (Å²) in [5.74, 6) is 0.681. The molecule has 0 fully saturated rings. The first-order valence-corrected chi connectivity index (χ1v) is 7.48. The molecule has 0 aliphatic carbocycles. The lowest BCUT2D eigenvalue weighted by atomic mass is 9.95. The molecular formula is C18H22ClNO. The molecule has 112 valence electrons. The van der Waals surface area contributed by atoms with Crippen LogP contribution in [0.3, 0.4) is 0 Å². The highest BCUT2D eigenvalue weighted by Gasteiger charge is 2.14. The minimum absolute atomic E-state index is 0.164. The Morgan fingerprint density at radius 3 is 2.19 bits per heavy atom. The van der Waals surface area contributed by atoms with Crippen LogP contribution in [0, 0.1) is 27.7 Å². The van der Waals surface area contributed by atoms with Crippen molar-refractivity contribution in [3.63, 3.8) is 0 Å². The second-order valence-corrected chi connectivity index (χ2v) is 6.07. The molecule has 1 unspecified atom stereocenters. The minimum atomic E-state index is -0.164. The SMILES string of the molecule is Cc1cc(C)c(C(N)COc2ccc(C)cc2Cl)c(C)c1. The van der Waals surface area contributed by atoms with Gasteiger partial charge in [0.1, 0.15) is 12.4 Å². The van der Waals surface area contributed by atoms with Gasteiger partial charge >= 0.3 is 0 Å². The zero-order valence-corrected chi connectivity index (χ0v) is 13.8. The van der Waals surface area contributed by atoms with Gasteiger partial charge in [-0.25, -0.2) is 0 Å². The molecule has 0 heterocycles. The van der Waals surface area contributed by atoms with Gasteiger partial charge in [-0.2, -0.15) is 0 Å². The monoisotopic (exact) mass is 303 g/mol. The maximum atomic E-state index is 6.31. The number of hydrogen-bond acceptors (Lipinski definition) is 2. The molecule has 0 radical (unpaired) electrons. The van der Waals surface area contributed by atoms with Crippen LogP contribution in [0.1, 0.15) is 33.9 Å². The maximum Gasteiger partial charge on any atom is 0.138 e. The fourth-order valence-electron chi connectivity index (χ4n) is 2.76. The molecule has 0 aromatic heterocycles. The summed E-state index contributed by atoms with van der Waals surface area (Å²) in [5, 5.41) is 0.625. The van der Waals surface area contributed by atoms with Gasteiger partial charge in [-0.15, -0.1) is 0 Å². The Balaban J connectivity index is 2.13. The molecule has 3 heteroatoms. The molecule has 0 spiro atoms. The van der Waals surface area contributed by atoms with Crippen molar-refractivity contribution in [3.05, 3.63) is 63.2 Å². The van der Waals surface area contributed by atoms with Crippen molar-refractivity contribution in [2.75, 3.05) is 6.61 Å². The smallest absolute Gasteiger partial charge is 0.138 e. The zero-order chi connectivity index (χ0) is 15.6. The number of ether oxygens (including phenoxy) is 1. The first-order valence-electron chi connectivity index (χ1n) is 7.10. The Bertz CT molecular complexity index is 629. The van der Waals surface area contributed by atoms with Gasteiger partial charge in [-0.05, 0) is 62.1 Å². The fraction of sp³-hybridized carbons (Fsp3) is 0.333. The highest BCUT2D eigenvalue weighted by Crippen LogP contribution is 2.27. The van der Waals surface area contributed by atoms with Gasteiger partial charge in [0.25, 0.3) is 0 Å². The van der Waals surface area contributed by atoms with Gasteiger partial charge in [0.05, 0.1) is 11.1 Å². The molecule has 2 N–H and O–H groups in total. The summed E-state index contributed by atoms with van der Waals surface area (Å²) in [5.41, 5.74) is 12.2. The third-order valence-corrected chi connectivity index (χ3v) is 3.91. The van der Waals surface area contributed by atoms with E-state index >= 15 is 0 Å². The van der Waals surface area contributed by atoms with E-state index in [1.54, 1.807) is 0 Å². The van der Waals surface area contributed by atoms with Crippen LogP contribution in [0.15, 0.2) is 30.3 Å². The number of aryl methyl sites for hydroxylation is 4. The van der Waals surface area contributed by atoms with Crippen LogP contribution in [0.4, 0.5) is 0 Å². The second-order valence-electron chi connectivity index (χ2n) is 5.66. The van der Waals surface area contributed by atoms with Gasteiger partial charge in [-0.1, -0.05) is 35.4 Å². The van der Waals surface area contributed by atoms with E-state index in [1.807, 2.05) is 25.1 Å². The van der Waals surface area contributed by atoms with Gasteiger partial charge in [0, 0.05) is 0 Å². The predicted molar refractivity (Wildman–Crippen MR) is 89.3 cm³/mol. The molecule has 0 saturated heterocycles. The quantitative estimate of drug-likeness (QED) is 0.892. The van der Waals surface area contributed by atoms with Crippen molar-refractivity contribution in [1.82, 2.24) is 0 Å². The van der Waals surface area contributed by atoms with Crippen LogP contribution in [-0.2, 0) is 0 Å². The average molecular weight is 304 g/mol.